The molecular formula is C21H25N7O4. The van der Waals surface area contributed by atoms with Crippen LogP contribution in [-0.4, -0.2) is 43.0 Å². The first kappa shape index (κ1) is 22.7. The second-order valence-electron chi connectivity index (χ2n) is 7.75. The molecule has 3 aromatic rings. The molecule has 0 saturated heterocycles. The number of nitrogens with zero attached hydrogens (tertiary/aromatic N) is 3. The number of hydrogen-bond donors (Lipinski definition) is 5. The number of aromatic amines is 1. The Hall–Kier alpha value is -4.02. The molecule has 0 aliphatic carbocycles. The number of fused-ring (bicyclic) bond motifs is 1. The summed E-state index contributed by atoms with van der Waals surface area (Å²) in [5, 5.41) is 15.0. The lowest BCUT2D eigenvalue weighted by molar-refractivity contribution is -0.139. The van der Waals surface area contributed by atoms with E-state index in [4.69, 9.17) is 5.73 Å². The summed E-state index contributed by atoms with van der Waals surface area (Å²) >= 11 is 0. The van der Waals surface area contributed by atoms with E-state index in [2.05, 4.69) is 30.6 Å². The topological polar surface area (TPSA) is 176 Å². The molecule has 32 heavy (non-hydrogen) atoms. The van der Waals surface area contributed by atoms with Gasteiger partial charge in [-0.1, -0.05) is 13.8 Å². The van der Waals surface area contributed by atoms with Gasteiger partial charge in [-0.3, -0.25) is 14.6 Å². The summed E-state index contributed by atoms with van der Waals surface area (Å²) in [6, 6.07) is 5.66. The molecule has 0 aliphatic rings. The van der Waals surface area contributed by atoms with E-state index in [0.717, 1.165) is 0 Å². The Morgan fingerprint density at radius 1 is 1.16 bits per heavy atom. The fourth-order valence-electron chi connectivity index (χ4n) is 2.99. The molecule has 0 radical (unpaired) electrons. The molecule has 0 spiro atoms. The standard InChI is InChI=1S/C21H25N7O4/c1-11(2)3-8-15(20(31)32)26-18(29)12-4-6-13(7-5-12)23-9-14-10-24-17-16(25-14)19(30)28-21(22)27-17/h4-7,10-11,15,23H,3,8-9H2,1-2H3,(H,26,29)(H,31,32)(H3,22,24,27,28,30)/t15-/m0/s1. The normalized spacial score (nSPS) is 12.0. The number of aromatic nitrogens is 4. The van der Waals surface area contributed by atoms with Crippen molar-refractivity contribution < 1.29 is 14.7 Å². The van der Waals surface area contributed by atoms with E-state index < -0.39 is 23.5 Å². The van der Waals surface area contributed by atoms with Gasteiger partial charge in [0.25, 0.3) is 11.5 Å². The van der Waals surface area contributed by atoms with Gasteiger partial charge in [0.05, 0.1) is 18.4 Å². The van der Waals surface area contributed by atoms with Gasteiger partial charge in [0.2, 0.25) is 5.95 Å². The second kappa shape index (κ2) is 9.86. The fourth-order valence-corrected chi connectivity index (χ4v) is 2.99. The maximum absolute atomic E-state index is 12.4. The van der Waals surface area contributed by atoms with Crippen LogP contribution in [0.15, 0.2) is 35.3 Å². The van der Waals surface area contributed by atoms with Crippen LogP contribution in [-0.2, 0) is 11.3 Å². The molecule has 0 saturated carbocycles. The van der Waals surface area contributed by atoms with Gasteiger partial charge >= 0.3 is 5.97 Å². The molecule has 11 heteroatoms. The van der Waals surface area contributed by atoms with Crippen LogP contribution in [0.2, 0.25) is 0 Å². The lowest BCUT2D eigenvalue weighted by Gasteiger charge is -2.16. The van der Waals surface area contributed by atoms with E-state index >= 15 is 0 Å². The monoisotopic (exact) mass is 439 g/mol. The van der Waals surface area contributed by atoms with Crippen molar-refractivity contribution in [3.8, 4) is 0 Å². The third-order valence-corrected chi connectivity index (χ3v) is 4.74. The smallest absolute Gasteiger partial charge is 0.326 e. The van der Waals surface area contributed by atoms with Crippen molar-refractivity contribution in [2.45, 2.75) is 39.3 Å². The number of benzene rings is 1. The van der Waals surface area contributed by atoms with Crippen LogP contribution in [0.1, 0.15) is 42.7 Å². The van der Waals surface area contributed by atoms with Crippen LogP contribution >= 0.6 is 0 Å². The zero-order chi connectivity index (χ0) is 23.3. The van der Waals surface area contributed by atoms with E-state index in [0.29, 0.717) is 35.7 Å². The molecule has 3 rings (SSSR count). The molecule has 0 fully saturated rings. The Bertz CT molecular complexity index is 1170. The molecule has 2 aromatic heterocycles. The van der Waals surface area contributed by atoms with E-state index in [1.165, 1.54) is 6.20 Å². The van der Waals surface area contributed by atoms with Gasteiger partial charge in [-0.05, 0) is 43.0 Å². The van der Waals surface area contributed by atoms with Gasteiger partial charge in [-0.2, -0.15) is 4.98 Å². The van der Waals surface area contributed by atoms with Gasteiger partial charge in [-0.25, -0.2) is 14.8 Å². The molecule has 11 nitrogen and oxygen atoms in total. The van der Waals surface area contributed by atoms with Crippen LogP contribution in [0.5, 0.6) is 0 Å². The Kier molecular flexibility index (Phi) is 6.98. The largest absolute Gasteiger partial charge is 0.480 e. The number of nitrogens with two attached hydrogens (primary N) is 1. The third kappa shape index (κ3) is 5.78. The van der Waals surface area contributed by atoms with Crippen LogP contribution in [0.4, 0.5) is 11.6 Å². The van der Waals surface area contributed by atoms with Gasteiger partial charge in [0.15, 0.2) is 11.2 Å². The Labute approximate surface area is 183 Å². The molecule has 1 amide bonds. The van der Waals surface area contributed by atoms with Crippen LogP contribution in [0.3, 0.4) is 0 Å². The maximum Gasteiger partial charge on any atom is 0.326 e. The van der Waals surface area contributed by atoms with Crippen LogP contribution in [0, 0.1) is 5.92 Å². The highest BCUT2D eigenvalue weighted by atomic mass is 16.4. The van der Waals surface area contributed by atoms with Gasteiger partial charge in [-0.15, -0.1) is 0 Å². The molecule has 6 N–H and O–H groups in total. The van der Waals surface area contributed by atoms with Crippen molar-refractivity contribution in [2.24, 2.45) is 5.92 Å². The number of carboxylic acid groups (broad SMARTS) is 1. The number of H-pyrrole nitrogens is 1. The van der Waals surface area contributed by atoms with E-state index in [1.807, 2.05) is 13.8 Å². The first-order valence-electron chi connectivity index (χ1n) is 10.1. The Morgan fingerprint density at radius 3 is 2.53 bits per heavy atom. The molecule has 0 bridgehead atoms. The van der Waals surface area contributed by atoms with Crippen molar-refractivity contribution in [1.82, 2.24) is 25.3 Å². The van der Waals surface area contributed by atoms with Gasteiger partial charge < -0.3 is 21.5 Å². The van der Waals surface area contributed by atoms with Gasteiger partial charge in [0.1, 0.15) is 6.04 Å². The first-order chi connectivity index (χ1) is 15.2. The highest BCUT2D eigenvalue weighted by Crippen LogP contribution is 2.13. The predicted octanol–water partition coefficient (Wildman–Crippen LogP) is 1.53. The van der Waals surface area contributed by atoms with Crippen LogP contribution < -0.4 is 21.9 Å². The van der Waals surface area contributed by atoms with Crippen LogP contribution in [0.25, 0.3) is 11.2 Å². The number of nitrogen functional groups attached to an aromatic ring is 1. The number of anilines is 2. The number of carbonyl (C=O) groups is 2. The molecule has 1 aromatic carbocycles. The number of nitrogens with one attached hydrogen (secondary N) is 3. The summed E-state index contributed by atoms with van der Waals surface area (Å²) in [6.45, 7) is 4.29. The maximum atomic E-state index is 12.4. The zero-order valence-electron chi connectivity index (χ0n) is 17.8. The summed E-state index contributed by atoms with van der Waals surface area (Å²) in [7, 11) is 0. The predicted molar refractivity (Wildman–Crippen MR) is 119 cm³/mol. The second-order valence-corrected chi connectivity index (χ2v) is 7.75. The van der Waals surface area contributed by atoms with Crippen molar-refractivity contribution in [3.05, 3.63) is 52.1 Å². The minimum absolute atomic E-state index is 0.0265. The third-order valence-electron chi connectivity index (χ3n) is 4.74. The molecule has 0 unspecified atom stereocenters. The number of carboxylic acids is 1. The van der Waals surface area contributed by atoms with Crippen molar-refractivity contribution in [3.63, 3.8) is 0 Å². The van der Waals surface area contributed by atoms with Crippen molar-refractivity contribution in [1.29, 1.82) is 0 Å². The Morgan fingerprint density at radius 2 is 1.88 bits per heavy atom. The molecule has 168 valence electrons. The molecule has 0 aliphatic heterocycles. The lowest BCUT2D eigenvalue weighted by Crippen LogP contribution is -2.40. The summed E-state index contributed by atoms with van der Waals surface area (Å²) in [4.78, 5) is 50.4. The van der Waals surface area contributed by atoms with E-state index in [9.17, 15) is 19.5 Å². The summed E-state index contributed by atoms with van der Waals surface area (Å²) in [6.07, 6.45) is 2.56. The van der Waals surface area contributed by atoms with Gasteiger partial charge in [0, 0.05) is 11.3 Å². The average molecular weight is 439 g/mol. The molecule has 1 atom stereocenters. The summed E-state index contributed by atoms with van der Waals surface area (Å²) in [5.74, 6) is -1.18. The minimum atomic E-state index is -1.05. The summed E-state index contributed by atoms with van der Waals surface area (Å²) < 4.78 is 0. The average Bonchev–Trinajstić information content (AvgIpc) is 2.75. The SMILES string of the molecule is CC(C)CC[C@H](NC(=O)c1ccc(NCc2cnc3nc(N)[nH]c(=O)c3n2)cc1)C(=O)O. The highest BCUT2D eigenvalue weighted by molar-refractivity contribution is 5.96. The highest BCUT2D eigenvalue weighted by Gasteiger charge is 2.20. The van der Waals surface area contributed by atoms with E-state index in [1.54, 1.807) is 24.3 Å². The quantitative estimate of drug-likeness (QED) is 0.331. The van der Waals surface area contributed by atoms with Crippen molar-refractivity contribution in [2.75, 3.05) is 11.1 Å². The summed E-state index contributed by atoms with van der Waals surface area (Å²) in [5.41, 5.74) is 6.87. The zero-order valence-corrected chi connectivity index (χ0v) is 17.8. The fraction of sp³-hybridized carbons (Fsp3) is 0.333. The number of rotatable bonds is 9. The first-order valence-corrected chi connectivity index (χ1v) is 10.1. The number of hydrogen-bond acceptors (Lipinski definition) is 8. The minimum Gasteiger partial charge on any atom is -0.480 e. The number of amides is 1. The molecular weight excluding hydrogens is 414 g/mol. The molecule has 2 heterocycles. The number of carbonyl (C=O) groups excluding carboxylic acids is 1. The van der Waals surface area contributed by atoms with E-state index in [-0.39, 0.29) is 23.7 Å². The number of aliphatic carboxylic acids is 1. The van der Waals surface area contributed by atoms with Crippen molar-refractivity contribution >= 4 is 34.7 Å². The lowest BCUT2D eigenvalue weighted by atomic mass is 10.0. The Balaban J connectivity index is 1.62.